The van der Waals surface area contributed by atoms with Crippen LogP contribution in [0, 0.1) is 5.82 Å². The van der Waals surface area contributed by atoms with Gasteiger partial charge in [0.15, 0.2) is 9.84 Å². The van der Waals surface area contributed by atoms with Gasteiger partial charge in [-0.05, 0) is 44.0 Å². The SMILES string of the molecule is CC(C(=O)N1CCN(CC2CCCO2)CC1)S(=O)(=O)c1ccc(F)cc1. The average molecular weight is 384 g/mol. The summed E-state index contributed by atoms with van der Waals surface area (Å²) in [6.07, 6.45) is 2.45. The van der Waals surface area contributed by atoms with Crippen LogP contribution in [0.2, 0.25) is 0 Å². The molecule has 2 saturated heterocycles. The van der Waals surface area contributed by atoms with Gasteiger partial charge in [0.05, 0.1) is 11.0 Å². The van der Waals surface area contributed by atoms with E-state index in [4.69, 9.17) is 4.74 Å². The number of hydrogen-bond donors (Lipinski definition) is 0. The number of ether oxygens (including phenoxy) is 1. The molecule has 26 heavy (non-hydrogen) atoms. The Kier molecular flexibility index (Phi) is 5.94. The van der Waals surface area contributed by atoms with E-state index in [1.165, 1.54) is 19.1 Å². The van der Waals surface area contributed by atoms with Gasteiger partial charge in [0.2, 0.25) is 5.91 Å². The standard InChI is InChI=1S/C18H25FN2O4S/c1-14(26(23,24)17-6-4-15(19)5-7-17)18(22)21-10-8-20(9-11-21)13-16-3-2-12-25-16/h4-7,14,16H,2-3,8-13H2,1H3. The highest BCUT2D eigenvalue weighted by molar-refractivity contribution is 7.92. The van der Waals surface area contributed by atoms with Crippen LogP contribution in [0.3, 0.4) is 0 Å². The predicted molar refractivity (Wildman–Crippen MR) is 95.0 cm³/mol. The van der Waals surface area contributed by atoms with Crippen molar-refractivity contribution in [3.05, 3.63) is 30.1 Å². The molecule has 6 nitrogen and oxygen atoms in total. The molecule has 0 bridgehead atoms. The van der Waals surface area contributed by atoms with Crippen LogP contribution in [0.5, 0.6) is 0 Å². The van der Waals surface area contributed by atoms with Crippen molar-refractivity contribution in [3.8, 4) is 0 Å². The molecule has 2 fully saturated rings. The topological polar surface area (TPSA) is 66.9 Å². The van der Waals surface area contributed by atoms with Crippen LogP contribution in [0.4, 0.5) is 4.39 Å². The van der Waals surface area contributed by atoms with Crippen molar-refractivity contribution in [1.29, 1.82) is 0 Å². The van der Waals surface area contributed by atoms with Crippen molar-refractivity contribution < 1.29 is 22.3 Å². The Bertz CT molecular complexity index is 724. The molecule has 144 valence electrons. The van der Waals surface area contributed by atoms with Gasteiger partial charge >= 0.3 is 0 Å². The first-order valence-corrected chi connectivity index (χ1v) is 10.5. The van der Waals surface area contributed by atoms with Crippen LogP contribution < -0.4 is 0 Å². The number of amides is 1. The number of piperazine rings is 1. The van der Waals surface area contributed by atoms with Crippen LogP contribution in [0.15, 0.2) is 29.2 Å². The molecule has 0 radical (unpaired) electrons. The number of nitrogens with zero attached hydrogens (tertiary/aromatic N) is 2. The Balaban J connectivity index is 1.57. The number of benzene rings is 1. The van der Waals surface area contributed by atoms with Gasteiger partial charge < -0.3 is 9.64 Å². The van der Waals surface area contributed by atoms with Crippen LogP contribution in [0.25, 0.3) is 0 Å². The molecule has 2 unspecified atom stereocenters. The maximum atomic E-state index is 13.0. The number of hydrogen-bond acceptors (Lipinski definition) is 5. The predicted octanol–water partition coefficient (Wildman–Crippen LogP) is 1.31. The largest absolute Gasteiger partial charge is 0.377 e. The van der Waals surface area contributed by atoms with E-state index in [0.29, 0.717) is 13.1 Å². The second-order valence-corrected chi connectivity index (χ2v) is 9.17. The summed E-state index contributed by atoms with van der Waals surface area (Å²) in [7, 11) is -3.83. The summed E-state index contributed by atoms with van der Waals surface area (Å²) in [5.74, 6) is -0.906. The Morgan fingerprint density at radius 2 is 1.88 bits per heavy atom. The van der Waals surface area contributed by atoms with Crippen molar-refractivity contribution in [2.24, 2.45) is 0 Å². The number of halogens is 1. The molecule has 1 amide bonds. The number of carbonyl (C=O) groups excluding carboxylic acids is 1. The zero-order valence-electron chi connectivity index (χ0n) is 14.9. The van der Waals surface area contributed by atoms with Gasteiger partial charge in [-0.15, -0.1) is 0 Å². The van der Waals surface area contributed by atoms with E-state index in [9.17, 15) is 17.6 Å². The van der Waals surface area contributed by atoms with Gasteiger partial charge in [-0.3, -0.25) is 9.69 Å². The van der Waals surface area contributed by atoms with Crippen molar-refractivity contribution in [2.75, 3.05) is 39.3 Å². The minimum atomic E-state index is -3.83. The van der Waals surface area contributed by atoms with Crippen LogP contribution in [-0.4, -0.2) is 74.8 Å². The molecular formula is C18H25FN2O4S. The molecule has 2 aliphatic heterocycles. The fourth-order valence-corrected chi connectivity index (χ4v) is 4.78. The molecule has 0 aliphatic carbocycles. The van der Waals surface area contributed by atoms with E-state index in [0.717, 1.165) is 51.2 Å². The third-order valence-corrected chi connectivity index (χ3v) is 7.19. The third kappa shape index (κ3) is 4.24. The summed E-state index contributed by atoms with van der Waals surface area (Å²) in [6.45, 7) is 5.54. The number of rotatable bonds is 5. The molecule has 8 heteroatoms. The average Bonchev–Trinajstić information content (AvgIpc) is 3.14. The normalized spacial score (nSPS) is 23.2. The van der Waals surface area contributed by atoms with Gasteiger partial charge in [0.1, 0.15) is 11.1 Å². The molecule has 3 rings (SSSR count). The Hall–Kier alpha value is -1.51. The fraction of sp³-hybridized carbons (Fsp3) is 0.611. The molecule has 2 atom stereocenters. The van der Waals surface area contributed by atoms with Crippen LogP contribution >= 0.6 is 0 Å². The number of sulfone groups is 1. The lowest BCUT2D eigenvalue weighted by Gasteiger charge is -2.36. The first-order valence-electron chi connectivity index (χ1n) is 9.00. The second-order valence-electron chi connectivity index (χ2n) is 6.90. The zero-order valence-corrected chi connectivity index (χ0v) is 15.8. The summed E-state index contributed by atoms with van der Waals surface area (Å²) in [6, 6.07) is 4.59. The smallest absolute Gasteiger partial charge is 0.241 e. The van der Waals surface area contributed by atoms with Crippen LogP contribution in [0.1, 0.15) is 19.8 Å². The van der Waals surface area contributed by atoms with E-state index in [1.807, 2.05) is 0 Å². The maximum absolute atomic E-state index is 13.0. The summed E-state index contributed by atoms with van der Waals surface area (Å²) >= 11 is 0. The lowest BCUT2D eigenvalue weighted by molar-refractivity contribution is -0.132. The maximum Gasteiger partial charge on any atom is 0.241 e. The minimum absolute atomic E-state index is 0.0308. The van der Waals surface area contributed by atoms with Crippen molar-refractivity contribution in [3.63, 3.8) is 0 Å². The zero-order chi connectivity index (χ0) is 18.7. The summed E-state index contributed by atoms with van der Waals surface area (Å²) in [4.78, 5) is 16.5. The summed E-state index contributed by atoms with van der Waals surface area (Å²) < 4.78 is 43.9. The summed E-state index contributed by atoms with van der Waals surface area (Å²) in [5.41, 5.74) is 0. The Morgan fingerprint density at radius 3 is 2.46 bits per heavy atom. The van der Waals surface area contributed by atoms with E-state index >= 15 is 0 Å². The lowest BCUT2D eigenvalue weighted by Crippen LogP contribution is -2.53. The third-order valence-electron chi connectivity index (χ3n) is 5.13. The first kappa shape index (κ1) is 19.3. The van der Waals surface area contributed by atoms with E-state index in [-0.39, 0.29) is 11.0 Å². The highest BCUT2D eigenvalue weighted by atomic mass is 32.2. The van der Waals surface area contributed by atoms with E-state index in [1.54, 1.807) is 4.90 Å². The lowest BCUT2D eigenvalue weighted by atomic mass is 10.2. The molecule has 2 aliphatic rings. The number of carbonyl (C=O) groups is 1. The van der Waals surface area contributed by atoms with Crippen molar-refractivity contribution >= 4 is 15.7 Å². The van der Waals surface area contributed by atoms with Gasteiger partial charge in [-0.25, -0.2) is 12.8 Å². The molecule has 0 N–H and O–H groups in total. The minimum Gasteiger partial charge on any atom is -0.377 e. The monoisotopic (exact) mass is 384 g/mol. The molecule has 1 aromatic rings. The second kappa shape index (κ2) is 8.02. The molecule has 0 aromatic heterocycles. The van der Waals surface area contributed by atoms with Gasteiger partial charge in [-0.2, -0.15) is 0 Å². The summed E-state index contributed by atoms with van der Waals surface area (Å²) in [5, 5.41) is -1.18. The van der Waals surface area contributed by atoms with Crippen LogP contribution in [-0.2, 0) is 19.4 Å². The molecule has 0 saturated carbocycles. The van der Waals surface area contributed by atoms with Crippen molar-refractivity contribution in [1.82, 2.24) is 9.80 Å². The molecule has 2 heterocycles. The fourth-order valence-electron chi connectivity index (χ4n) is 3.45. The van der Waals surface area contributed by atoms with E-state index in [2.05, 4.69) is 4.90 Å². The quantitative estimate of drug-likeness (QED) is 0.716. The van der Waals surface area contributed by atoms with E-state index < -0.39 is 26.8 Å². The Labute approximate surface area is 153 Å². The first-order chi connectivity index (χ1) is 12.4. The Morgan fingerprint density at radius 1 is 1.23 bits per heavy atom. The van der Waals surface area contributed by atoms with Gasteiger partial charge in [-0.1, -0.05) is 0 Å². The van der Waals surface area contributed by atoms with Gasteiger partial charge in [0, 0.05) is 39.3 Å². The van der Waals surface area contributed by atoms with Gasteiger partial charge in [0.25, 0.3) is 0 Å². The van der Waals surface area contributed by atoms with Crippen molar-refractivity contribution in [2.45, 2.75) is 36.0 Å². The molecule has 0 spiro atoms. The molecular weight excluding hydrogens is 359 g/mol. The molecule has 1 aromatic carbocycles. The highest BCUT2D eigenvalue weighted by Gasteiger charge is 2.34. The highest BCUT2D eigenvalue weighted by Crippen LogP contribution is 2.20.